The van der Waals surface area contributed by atoms with Crippen LogP contribution < -0.4 is 9.64 Å². The first-order valence-electron chi connectivity index (χ1n) is 10.7. The number of benzene rings is 3. The molecule has 0 aliphatic rings. The number of carbonyl (C=O) groups is 1. The van der Waals surface area contributed by atoms with Crippen LogP contribution in [0.3, 0.4) is 0 Å². The number of halogens is 1. The first-order chi connectivity index (χ1) is 16.0. The first kappa shape index (κ1) is 23.3. The van der Waals surface area contributed by atoms with Crippen LogP contribution in [0.15, 0.2) is 71.6 Å². The molecule has 0 fully saturated rings. The molecule has 0 aliphatic heterocycles. The molecule has 0 spiro atoms. The van der Waals surface area contributed by atoms with Crippen molar-refractivity contribution in [2.45, 2.75) is 31.2 Å². The zero-order valence-corrected chi connectivity index (χ0v) is 20.2. The Labute approximate surface area is 201 Å². The summed E-state index contributed by atoms with van der Waals surface area (Å²) in [5.74, 6) is 1.28. The van der Waals surface area contributed by atoms with Gasteiger partial charge in [0.15, 0.2) is 5.13 Å². The summed E-state index contributed by atoms with van der Waals surface area (Å²) < 4.78 is 19.6. The SMILES string of the molecule is COc1ccc(C)c2sc(N(Cc3ccccc3)C(=O)CCCSc3ccc(F)cc3)nc12. The van der Waals surface area contributed by atoms with Gasteiger partial charge in [-0.1, -0.05) is 47.7 Å². The molecule has 0 atom stereocenters. The number of thiazole rings is 1. The van der Waals surface area contributed by atoms with Crippen LogP contribution in [-0.2, 0) is 11.3 Å². The van der Waals surface area contributed by atoms with Crippen molar-refractivity contribution in [1.29, 1.82) is 0 Å². The average Bonchev–Trinajstić information content (AvgIpc) is 3.28. The van der Waals surface area contributed by atoms with Crippen molar-refractivity contribution in [3.05, 3.63) is 83.7 Å². The molecule has 0 saturated heterocycles. The van der Waals surface area contributed by atoms with Gasteiger partial charge >= 0.3 is 0 Å². The Hall–Kier alpha value is -2.90. The Morgan fingerprint density at radius 3 is 2.58 bits per heavy atom. The summed E-state index contributed by atoms with van der Waals surface area (Å²) in [6, 6.07) is 20.3. The quantitative estimate of drug-likeness (QED) is 0.194. The molecule has 0 saturated carbocycles. The number of ether oxygens (including phenoxy) is 1. The van der Waals surface area contributed by atoms with Crippen molar-refractivity contribution >= 4 is 44.4 Å². The molecule has 4 nitrogen and oxygen atoms in total. The maximum Gasteiger partial charge on any atom is 0.229 e. The molecule has 7 heteroatoms. The van der Waals surface area contributed by atoms with Gasteiger partial charge in [0.2, 0.25) is 5.91 Å². The summed E-state index contributed by atoms with van der Waals surface area (Å²) in [5, 5.41) is 0.678. The highest BCUT2D eigenvalue weighted by atomic mass is 32.2. The van der Waals surface area contributed by atoms with Gasteiger partial charge in [0.1, 0.15) is 17.1 Å². The molecule has 0 unspecified atom stereocenters. The van der Waals surface area contributed by atoms with E-state index in [0.29, 0.717) is 23.8 Å². The van der Waals surface area contributed by atoms with Crippen LogP contribution in [0.5, 0.6) is 5.75 Å². The molecule has 0 N–H and O–H groups in total. The zero-order chi connectivity index (χ0) is 23.2. The molecular weight excluding hydrogens is 455 g/mol. The second-order valence-corrected chi connectivity index (χ2v) is 9.78. The number of nitrogens with zero attached hydrogens (tertiary/aromatic N) is 2. The van der Waals surface area contributed by atoms with Crippen LogP contribution >= 0.6 is 23.1 Å². The van der Waals surface area contributed by atoms with Crippen LogP contribution in [0.2, 0.25) is 0 Å². The number of fused-ring (bicyclic) bond motifs is 1. The molecule has 1 aromatic heterocycles. The van der Waals surface area contributed by atoms with Crippen LogP contribution in [0.1, 0.15) is 24.0 Å². The van der Waals surface area contributed by atoms with Crippen LogP contribution in [-0.4, -0.2) is 23.8 Å². The topological polar surface area (TPSA) is 42.4 Å². The fourth-order valence-corrected chi connectivity index (χ4v) is 5.41. The highest BCUT2D eigenvalue weighted by Crippen LogP contribution is 2.37. The predicted octanol–water partition coefficient (Wildman–Crippen LogP) is 6.86. The van der Waals surface area contributed by atoms with Crippen molar-refractivity contribution in [1.82, 2.24) is 4.98 Å². The minimum absolute atomic E-state index is 0.0363. The van der Waals surface area contributed by atoms with Gasteiger partial charge in [0, 0.05) is 11.3 Å². The van der Waals surface area contributed by atoms with E-state index >= 15 is 0 Å². The summed E-state index contributed by atoms with van der Waals surface area (Å²) >= 11 is 3.15. The molecule has 0 bridgehead atoms. The molecule has 1 heterocycles. The van der Waals surface area contributed by atoms with E-state index in [2.05, 4.69) is 0 Å². The number of thioether (sulfide) groups is 1. The molecule has 0 aliphatic carbocycles. The maximum atomic E-state index is 13.3. The zero-order valence-electron chi connectivity index (χ0n) is 18.6. The lowest BCUT2D eigenvalue weighted by molar-refractivity contribution is -0.118. The second kappa shape index (κ2) is 10.8. The summed E-state index contributed by atoms with van der Waals surface area (Å²) in [5.41, 5.74) is 2.95. The number of aromatic nitrogens is 1. The molecule has 1 amide bonds. The molecular formula is C26H25FN2O2S2. The Morgan fingerprint density at radius 2 is 1.85 bits per heavy atom. The van der Waals surface area contributed by atoms with E-state index in [1.165, 1.54) is 23.5 Å². The van der Waals surface area contributed by atoms with Crippen molar-refractivity contribution in [3.63, 3.8) is 0 Å². The number of hydrogen-bond donors (Lipinski definition) is 0. The smallest absolute Gasteiger partial charge is 0.229 e. The highest BCUT2D eigenvalue weighted by molar-refractivity contribution is 7.99. The number of aryl methyl sites for hydroxylation is 1. The molecule has 4 aromatic rings. The second-order valence-electron chi connectivity index (χ2n) is 7.63. The fourth-order valence-electron chi connectivity index (χ4n) is 3.49. The molecule has 33 heavy (non-hydrogen) atoms. The van der Waals surface area contributed by atoms with E-state index in [9.17, 15) is 9.18 Å². The summed E-state index contributed by atoms with van der Waals surface area (Å²) in [4.78, 5) is 20.9. The first-order valence-corrected chi connectivity index (χ1v) is 12.5. The number of methoxy groups -OCH3 is 1. The largest absolute Gasteiger partial charge is 0.494 e. The van der Waals surface area contributed by atoms with E-state index in [4.69, 9.17) is 9.72 Å². The number of carbonyl (C=O) groups excluding carboxylic acids is 1. The van der Waals surface area contributed by atoms with Gasteiger partial charge in [-0.3, -0.25) is 9.69 Å². The third-order valence-corrected chi connectivity index (χ3v) is 7.56. The number of hydrogen-bond acceptors (Lipinski definition) is 5. The van der Waals surface area contributed by atoms with Gasteiger partial charge in [-0.2, -0.15) is 0 Å². The lowest BCUT2D eigenvalue weighted by atomic mass is 10.2. The number of amides is 1. The summed E-state index contributed by atoms with van der Waals surface area (Å²) in [6.45, 7) is 2.51. The standard InChI is InChI=1S/C26H25FN2O2S2/c1-18-10-15-22(31-2)24-25(18)33-26(28-24)29(17-19-7-4-3-5-8-19)23(30)9-6-16-32-21-13-11-20(27)12-14-21/h3-5,7-8,10-15H,6,9,16-17H2,1-2H3. The van der Waals surface area contributed by atoms with Crippen molar-refractivity contribution < 1.29 is 13.9 Å². The van der Waals surface area contributed by atoms with Gasteiger partial charge in [0.05, 0.1) is 18.4 Å². The molecule has 170 valence electrons. The fraction of sp³-hybridized carbons (Fsp3) is 0.231. The molecule has 4 rings (SSSR count). The monoisotopic (exact) mass is 480 g/mol. The Bertz CT molecular complexity index is 1230. The van der Waals surface area contributed by atoms with Crippen LogP contribution in [0.25, 0.3) is 10.2 Å². The van der Waals surface area contributed by atoms with E-state index in [1.807, 2.05) is 49.4 Å². The van der Waals surface area contributed by atoms with Crippen molar-refractivity contribution in [2.24, 2.45) is 0 Å². The van der Waals surface area contributed by atoms with E-state index < -0.39 is 0 Å². The van der Waals surface area contributed by atoms with Crippen molar-refractivity contribution in [3.8, 4) is 5.75 Å². The predicted molar refractivity (Wildman–Crippen MR) is 135 cm³/mol. The van der Waals surface area contributed by atoms with Crippen molar-refractivity contribution in [2.75, 3.05) is 17.8 Å². The summed E-state index contributed by atoms with van der Waals surface area (Å²) in [6.07, 6.45) is 1.13. The molecule has 3 aromatic carbocycles. The van der Waals surface area contributed by atoms with Gasteiger partial charge in [-0.25, -0.2) is 9.37 Å². The maximum absolute atomic E-state index is 13.3. The molecule has 0 radical (unpaired) electrons. The Kier molecular flexibility index (Phi) is 7.62. The van der Waals surface area contributed by atoms with Gasteiger partial charge < -0.3 is 4.74 Å². The van der Waals surface area contributed by atoms with E-state index in [-0.39, 0.29) is 11.7 Å². The third-order valence-electron chi connectivity index (χ3n) is 5.24. The minimum atomic E-state index is -0.242. The lowest BCUT2D eigenvalue weighted by Crippen LogP contribution is -2.30. The van der Waals surface area contributed by atoms with Crippen LogP contribution in [0.4, 0.5) is 9.52 Å². The van der Waals surface area contributed by atoms with Gasteiger partial charge in [-0.15, -0.1) is 11.8 Å². The highest BCUT2D eigenvalue weighted by Gasteiger charge is 2.22. The number of rotatable bonds is 9. The normalized spacial score (nSPS) is 11.0. The third kappa shape index (κ3) is 5.72. The minimum Gasteiger partial charge on any atom is -0.494 e. The Morgan fingerprint density at radius 1 is 1.09 bits per heavy atom. The van der Waals surface area contributed by atoms with E-state index in [1.54, 1.807) is 35.9 Å². The Balaban J connectivity index is 1.52. The van der Waals surface area contributed by atoms with Gasteiger partial charge in [-0.05, 0) is 60.6 Å². The number of anilines is 1. The average molecular weight is 481 g/mol. The van der Waals surface area contributed by atoms with Crippen LogP contribution in [0, 0.1) is 12.7 Å². The van der Waals surface area contributed by atoms with Gasteiger partial charge in [0.25, 0.3) is 0 Å². The van der Waals surface area contributed by atoms with E-state index in [0.717, 1.165) is 38.4 Å². The summed E-state index contributed by atoms with van der Waals surface area (Å²) in [7, 11) is 1.63. The lowest BCUT2D eigenvalue weighted by Gasteiger charge is -2.20.